The maximum atomic E-state index is 12.2. The third kappa shape index (κ3) is 4.58. The van der Waals surface area contributed by atoms with Gasteiger partial charge in [0, 0.05) is 29.9 Å². The van der Waals surface area contributed by atoms with Crippen LogP contribution in [0.15, 0.2) is 34.9 Å². The number of carbonyl (C=O) groups is 1. The second kappa shape index (κ2) is 8.20. The maximum Gasteiger partial charge on any atom is 0.321 e. The fourth-order valence-corrected chi connectivity index (χ4v) is 3.03. The van der Waals surface area contributed by atoms with E-state index in [4.69, 9.17) is 5.11 Å². The number of aliphatic hydroxyl groups is 1. The summed E-state index contributed by atoms with van der Waals surface area (Å²) in [4.78, 5) is 14.1. The molecular weight excluding hydrogens is 332 g/mol. The average molecular weight is 353 g/mol. The molecule has 1 heterocycles. The Bertz CT molecular complexity index is 503. The summed E-state index contributed by atoms with van der Waals surface area (Å²) in [6.07, 6.45) is 7.33. The number of carbonyl (C=O) groups excluding carboxylic acids is 1. The van der Waals surface area contributed by atoms with Gasteiger partial charge in [0.05, 0.1) is 0 Å². The number of likely N-dealkylation sites (tertiary alicyclic amines) is 1. The zero-order valence-corrected chi connectivity index (χ0v) is 13.6. The summed E-state index contributed by atoms with van der Waals surface area (Å²) < 4.78 is 0.992. The molecule has 1 atom stereocenters. The summed E-state index contributed by atoms with van der Waals surface area (Å²) in [6.45, 7) is 0.890. The normalized spacial score (nSPS) is 19.0. The van der Waals surface area contributed by atoms with Gasteiger partial charge in [-0.1, -0.05) is 34.1 Å². The largest absolute Gasteiger partial charge is 0.396 e. The van der Waals surface area contributed by atoms with Gasteiger partial charge in [-0.25, -0.2) is 4.79 Å². The Morgan fingerprint density at radius 1 is 1.43 bits per heavy atom. The highest BCUT2D eigenvalue weighted by Gasteiger charge is 2.25. The van der Waals surface area contributed by atoms with Gasteiger partial charge in [0.2, 0.25) is 0 Å². The molecule has 1 aliphatic rings. The number of nitrogens with one attached hydrogen (secondary N) is 1. The Hall–Kier alpha value is -1.33. The standard InChI is InChI=1S/C16H21BrN2O2/c17-15-7-2-1-5-13(15)8-10-18-16(21)19-11-4-3-6-14(19)9-12-20/h1-2,5,7-8,10,14,20H,3-4,6,9,11-12H2,(H,18,21)/b10-8+. The lowest BCUT2D eigenvalue weighted by Gasteiger charge is -2.35. The van der Waals surface area contributed by atoms with Gasteiger partial charge in [0.25, 0.3) is 0 Å². The summed E-state index contributed by atoms with van der Waals surface area (Å²) in [6, 6.07) is 7.91. The van der Waals surface area contributed by atoms with Crippen LogP contribution in [-0.2, 0) is 0 Å². The SMILES string of the molecule is O=C(N/C=C/c1ccccc1Br)N1CCCCC1CCO. The van der Waals surface area contributed by atoms with E-state index in [1.165, 1.54) is 0 Å². The van der Waals surface area contributed by atoms with Crippen LogP contribution in [0.25, 0.3) is 6.08 Å². The number of hydrogen-bond acceptors (Lipinski definition) is 2. The molecule has 2 amide bonds. The fourth-order valence-electron chi connectivity index (χ4n) is 2.61. The third-order valence-electron chi connectivity index (χ3n) is 3.73. The predicted molar refractivity (Wildman–Crippen MR) is 87.8 cm³/mol. The molecule has 4 nitrogen and oxygen atoms in total. The minimum atomic E-state index is -0.0866. The van der Waals surface area contributed by atoms with Gasteiger partial charge in [0.15, 0.2) is 0 Å². The zero-order chi connectivity index (χ0) is 15.1. The predicted octanol–water partition coefficient (Wildman–Crippen LogP) is 3.37. The van der Waals surface area contributed by atoms with Crippen molar-refractivity contribution in [1.29, 1.82) is 0 Å². The monoisotopic (exact) mass is 352 g/mol. The minimum Gasteiger partial charge on any atom is -0.396 e. The third-order valence-corrected chi connectivity index (χ3v) is 4.45. The molecule has 0 radical (unpaired) electrons. The molecule has 21 heavy (non-hydrogen) atoms. The average Bonchev–Trinajstić information content (AvgIpc) is 2.50. The maximum absolute atomic E-state index is 12.2. The minimum absolute atomic E-state index is 0.0866. The smallest absolute Gasteiger partial charge is 0.321 e. The first-order valence-electron chi connectivity index (χ1n) is 7.31. The van der Waals surface area contributed by atoms with E-state index >= 15 is 0 Å². The number of amides is 2. The van der Waals surface area contributed by atoms with E-state index in [0.29, 0.717) is 6.42 Å². The number of urea groups is 1. The van der Waals surface area contributed by atoms with Crippen LogP contribution in [0.2, 0.25) is 0 Å². The van der Waals surface area contributed by atoms with Crippen molar-refractivity contribution in [3.05, 3.63) is 40.5 Å². The Morgan fingerprint density at radius 2 is 2.24 bits per heavy atom. The summed E-state index contributed by atoms with van der Waals surface area (Å²) in [7, 11) is 0. The summed E-state index contributed by atoms with van der Waals surface area (Å²) >= 11 is 3.47. The van der Waals surface area contributed by atoms with Crippen LogP contribution in [0.5, 0.6) is 0 Å². The molecule has 0 spiro atoms. The highest BCUT2D eigenvalue weighted by atomic mass is 79.9. The van der Waals surface area contributed by atoms with Gasteiger partial charge in [-0.05, 0) is 43.4 Å². The van der Waals surface area contributed by atoms with Crippen LogP contribution in [0, 0.1) is 0 Å². The lowest BCUT2D eigenvalue weighted by atomic mass is 10.0. The molecule has 1 aliphatic heterocycles. The van der Waals surface area contributed by atoms with Gasteiger partial charge in [0.1, 0.15) is 0 Å². The van der Waals surface area contributed by atoms with Crippen molar-refractivity contribution in [2.75, 3.05) is 13.2 Å². The van der Waals surface area contributed by atoms with Gasteiger partial charge in [-0.2, -0.15) is 0 Å². The topological polar surface area (TPSA) is 52.6 Å². The van der Waals surface area contributed by atoms with E-state index in [-0.39, 0.29) is 18.7 Å². The van der Waals surface area contributed by atoms with Crippen molar-refractivity contribution < 1.29 is 9.90 Å². The fraction of sp³-hybridized carbons (Fsp3) is 0.438. The molecule has 2 N–H and O–H groups in total. The highest BCUT2D eigenvalue weighted by Crippen LogP contribution is 2.20. The molecule has 1 aromatic carbocycles. The first-order chi connectivity index (χ1) is 10.2. The summed E-state index contributed by atoms with van der Waals surface area (Å²) in [5, 5.41) is 11.9. The number of piperidine rings is 1. The first-order valence-corrected chi connectivity index (χ1v) is 8.10. The zero-order valence-electron chi connectivity index (χ0n) is 12.0. The molecule has 0 aliphatic carbocycles. The molecular formula is C16H21BrN2O2. The quantitative estimate of drug-likeness (QED) is 0.872. The molecule has 1 fully saturated rings. The Kier molecular flexibility index (Phi) is 6.26. The van der Waals surface area contributed by atoms with Crippen molar-refractivity contribution in [1.82, 2.24) is 10.2 Å². The number of benzene rings is 1. The van der Waals surface area contributed by atoms with Gasteiger partial charge < -0.3 is 15.3 Å². The van der Waals surface area contributed by atoms with Crippen LogP contribution in [0.1, 0.15) is 31.2 Å². The molecule has 0 bridgehead atoms. The van der Waals surface area contributed by atoms with Crippen molar-refractivity contribution in [3.8, 4) is 0 Å². The number of aliphatic hydroxyl groups excluding tert-OH is 1. The molecule has 0 aromatic heterocycles. The van der Waals surface area contributed by atoms with Crippen LogP contribution in [0.3, 0.4) is 0 Å². The van der Waals surface area contributed by atoms with E-state index in [9.17, 15) is 4.79 Å². The number of rotatable bonds is 4. The summed E-state index contributed by atoms with van der Waals surface area (Å²) in [5.74, 6) is 0. The molecule has 0 saturated carbocycles. The lowest BCUT2D eigenvalue weighted by molar-refractivity contribution is 0.134. The second-order valence-electron chi connectivity index (χ2n) is 5.16. The van der Waals surface area contributed by atoms with Crippen LogP contribution >= 0.6 is 15.9 Å². The van der Waals surface area contributed by atoms with Gasteiger partial charge in [-0.3, -0.25) is 0 Å². The van der Waals surface area contributed by atoms with E-state index in [1.807, 2.05) is 35.2 Å². The first kappa shape index (κ1) is 16.0. The number of nitrogens with zero attached hydrogens (tertiary/aromatic N) is 1. The Balaban J connectivity index is 1.92. The van der Waals surface area contributed by atoms with E-state index in [2.05, 4.69) is 21.2 Å². The molecule has 2 rings (SSSR count). The molecule has 1 saturated heterocycles. The van der Waals surface area contributed by atoms with E-state index in [0.717, 1.165) is 35.8 Å². The van der Waals surface area contributed by atoms with Crippen LogP contribution in [0.4, 0.5) is 4.79 Å². The van der Waals surface area contributed by atoms with Gasteiger partial charge >= 0.3 is 6.03 Å². The highest BCUT2D eigenvalue weighted by molar-refractivity contribution is 9.10. The van der Waals surface area contributed by atoms with Crippen LogP contribution in [-0.4, -0.2) is 35.2 Å². The molecule has 1 unspecified atom stereocenters. The number of halogens is 1. The Morgan fingerprint density at radius 3 is 3.00 bits per heavy atom. The van der Waals surface area contributed by atoms with Crippen molar-refractivity contribution in [2.24, 2.45) is 0 Å². The second-order valence-corrected chi connectivity index (χ2v) is 6.01. The number of hydrogen-bond donors (Lipinski definition) is 2. The van der Waals surface area contributed by atoms with Crippen LogP contribution < -0.4 is 5.32 Å². The lowest BCUT2D eigenvalue weighted by Crippen LogP contribution is -2.47. The van der Waals surface area contributed by atoms with Crippen molar-refractivity contribution >= 4 is 28.0 Å². The summed E-state index contributed by atoms with van der Waals surface area (Å²) in [5.41, 5.74) is 1.02. The Labute approximate surface area is 134 Å². The molecule has 114 valence electrons. The van der Waals surface area contributed by atoms with E-state index < -0.39 is 0 Å². The van der Waals surface area contributed by atoms with Gasteiger partial charge in [-0.15, -0.1) is 0 Å². The van der Waals surface area contributed by atoms with Crippen molar-refractivity contribution in [2.45, 2.75) is 31.7 Å². The van der Waals surface area contributed by atoms with E-state index in [1.54, 1.807) is 6.20 Å². The molecule has 5 heteroatoms. The van der Waals surface area contributed by atoms with Crippen molar-refractivity contribution in [3.63, 3.8) is 0 Å². The molecule has 1 aromatic rings.